The lowest BCUT2D eigenvalue weighted by molar-refractivity contribution is -0.355. The Hall–Kier alpha value is -1.43. The van der Waals surface area contributed by atoms with Crippen molar-refractivity contribution in [1.82, 2.24) is 5.32 Å². The zero-order chi connectivity index (χ0) is 19.0. The van der Waals surface area contributed by atoms with Crippen LogP contribution in [0, 0.1) is 0 Å². The summed E-state index contributed by atoms with van der Waals surface area (Å²) in [6.07, 6.45) is 1.51. The molecule has 0 radical (unpaired) electrons. The third-order valence-corrected chi connectivity index (χ3v) is 4.51. The molecule has 0 amide bonds. The van der Waals surface area contributed by atoms with E-state index in [2.05, 4.69) is 5.32 Å². The lowest BCUT2D eigenvalue weighted by Crippen LogP contribution is -2.40. The number of halogens is 1. The van der Waals surface area contributed by atoms with Crippen LogP contribution in [0.4, 0.5) is 0 Å². The fourth-order valence-electron chi connectivity index (χ4n) is 3.08. The van der Waals surface area contributed by atoms with Crippen LogP contribution in [0.15, 0.2) is 54.6 Å². The molecular weight excluding hydrogens is 350 g/mol. The summed E-state index contributed by atoms with van der Waals surface area (Å²) in [6.45, 7) is 4.90. The standard InChI is InChI=1S/C19H22ClNO3.C2H6/c20-16-10-8-15(9-11-16)18(14-5-2-1-3-6-14)24-19(22,23)13-17-7-4-12-21-17;1-2/h1-3,5-6,8-11,17-18,21-23H,4,7,12-13H2;1-2H3. The molecule has 2 aromatic carbocycles. The van der Waals surface area contributed by atoms with Gasteiger partial charge in [0.05, 0.1) is 0 Å². The molecule has 0 saturated carbocycles. The molecule has 0 bridgehead atoms. The molecule has 2 aromatic rings. The van der Waals surface area contributed by atoms with Gasteiger partial charge in [-0.2, -0.15) is 0 Å². The minimum atomic E-state index is -2.21. The van der Waals surface area contributed by atoms with Crippen LogP contribution >= 0.6 is 11.6 Å². The molecule has 2 atom stereocenters. The van der Waals surface area contributed by atoms with Crippen LogP contribution < -0.4 is 5.32 Å². The van der Waals surface area contributed by atoms with Gasteiger partial charge in [-0.05, 0) is 42.6 Å². The maximum atomic E-state index is 10.4. The molecule has 1 aliphatic rings. The van der Waals surface area contributed by atoms with Crippen molar-refractivity contribution < 1.29 is 14.9 Å². The average Bonchev–Trinajstić information content (AvgIpc) is 3.15. The second-order valence-corrected chi connectivity index (χ2v) is 6.64. The van der Waals surface area contributed by atoms with Gasteiger partial charge < -0.3 is 20.3 Å². The third kappa shape index (κ3) is 6.08. The summed E-state index contributed by atoms with van der Waals surface area (Å²) in [6, 6.07) is 16.8. The number of nitrogens with one attached hydrogen (secondary N) is 1. The van der Waals surface area contributed by atoms with E-state index in [-0.39, 0.29) is 12.5 Å². The first-order chi connectivity index (χ1) is 12.5. The predicted molar refractivity (Wildman–Crippen MR) is 105 cm³/mol. The van der Waals surface area contributed by atoms with E-state index in [1.54, 1.807) is 12.1 Å². The van der Waals surface area contributed by atoms with E-state index in [9.17, 15) is 10.2 Å². The van der Waals surface area contributed by atoms with Crippen molar-refractivity contribution in [3.05, 3.63) is 70.7 Å². The summed E-state index contributed by atoms with van der Waals surface area (Å²) in [7, 11) is 0. The highest BCUT2D eigenvalue weighted by Crippen LogP contribution is 2.32. The maximum absolute atomic E-state index is 10.4. The van der Waals surface area contributed by atoms with E-state index in [4.69, 9.17) is 16.3 Å². The van der Waals surface area contributed by atoms with Crippen LogP contribution in [0.5, 0.6) is 0 Å². The van der Waals surface area contributed by atoms with Gasteiger partial charge >= 0.3 is 0 Å². The molecular formula is C21H28ClNO3. The van der Waals surface area contributed by atoms with Gasteiger partial charge in [0.2, 0.25) is 0 Å². The highest BCUT2D eigenvalue weighted by molar-refractivity contribution is 6.30. The van der Waals surface area contributed by atoms with E-state index in [1.165, 1.54) is 0 Å². The van der Waals surface area contributed by atoms with Gasteiger partial charge in [-0.3, -0.25) is 0 Å². The molecule has 1 aliphatic heterocycles. The average molecular weight is 378 g/mol. The molecule has 1 heterocycles. The lowest BCUT2D eigenvalue weighted by atomic mass is 10.0. The van der Waals surface area contributed by atoms with E-state index in [0.29, 0.717) is 5.02 Å². The number of benzene rings is 2. The van der Waals surface area contributed by atoms with Crippen LogP contribution in [-0.2, 0) is 4.74 Å². The molecule has 0 aliphatic carbocycles. The van der Waals surface area contributed by atoms with Crippen LogP contribution in [0.25, 0.3) is 0 Å². The summed E-state index contributed by atoms with van der Waals surface area (Å²) in [5.74, 6) is -2.21. The molecule has 1 fully saturated rings. The Morgan fingerprint density at radius 1 is 1.08 bits per heavy atom. The van der Waals surface area contributed by atoms with Gasteiger partial charge in [0.15, 0.2) is 0 Å². The van der Waals surface area contributed by atoms with E-state index in [0.717, 1.165) is 30.5 Å². The number of aliphatic hydroxyl groups is 2. The number of ether oxygens (including phenoxy) is 1. The molecule has 142 valence electrons. The van der Waals surface area contributed by atoms with E-state index >= 15 is 0 Å². The van der Waals surface area contributed by atoms with Crippen molar-refractivity contribution in [3.63, 3.8) is 0 Å². The first-order valence-corrected chi connectivity index (χ1v) is 9.58. The molecule has 4 nitrogen and oxygen atoms in total. The largest absolute Gasteiger partial charge is 0.343 e. The fraction of sp³-hybridized carbons (Fsp3) is 0.429. The Balaban J connectivity index is 0.00000117. The van der Waals surface area contributed by atoms with Crippen molar-refractivity contribution in [2.75, 3.05) is 6.54 Å². The quantitative estimate of drug-likeness (QED) is 0.658. The smallest absolute Gasteiger partial charge is 0.280 e. The van der Waals surface area contributed by atoms with Crippen molar-refractivity contribution >= 4 is 11.6 Å². The summed E-state index contributed by atoms with van der Waals surface area (Å²) in [5, 5.41) is 24.7. The monoisotopic (exact) mass is 377 g/mol. The fourth-order valence-corrected chi connectivity index (χ4v) is 3.21. The van der Waals surface area contributed by atoms with Gasteiger partial charge in [0, 0.05) is 17.5 Å². The third-order valence-electron chi connectivity index (χ3n) is 4.26. The second kappa shape index (κ2) is 10.0. The zero-order valence-electron chi connectivity index (χ0n) is 15.4. The highest BCUT2D eigenvalue weighted by atomic mass is 35.5. The minimum Gasteiger partial charge on any atom is -0.343 e. The van der Waals surface area contributed by atoms with Gasteiger partial charge in [0.1, 0.15) is 6.10 Å². The lowest BCUT2D eigenvalue weighted by Gasteiger charge is -2.30. The Labute approximate surface area is 160 Å². The normalized spacial score (nSPS) is 18.1. The molecule has 3 rings (SSSR count). The van der Waals surface area contributed by atoms with Gasteiger partial charge in [-0.15, -0.1) is 0 Å². The molecule has 0 aromatic heterocycles. The Morgan fingerprint density at radius 3 is 2.27 bits per heavy atom. The summed E-state index contributed by atoms with van der Waals surface area (Å²) >= 11 is 5.96. The molecule has 3 N–H and O–H groups in total. The van der Waals surface area contributed by atoms with Crippen molar-refractivity contribution in [2.24, 2.45) is 0 Å². The Morgan fingerprint density at radius 2 is 1.69 bits per heavy atom. The molecule has 0 spiro atoms. The maximum Gasteiger partial charge on any atom is 0.280 e. The topological polar surface area (TPSA) is 61.7 Å². The molecule has 1 saturated heterocycles. The van der Waals surface area contributed by atoms with Crippen molar-refractivity contribution in [1.29, 1.82) is 0 Å². The van der Waals surface area contributed by atoms with Gasteiger partial charge in [-0.25, -0.2) is 0 Å². The SMILES string of the molecule is CC.OC(O)(CC1CCCN1)OC(c1ccccc1)c1ccc(Cl)cc1. The van der Waals surface area contributed by atoms with Crippen LogP contribution in [-0.4, -0.2) is 28.8 Å². The number of hydrogen-bond acceptors (Lipinski definition) is 4. The summed E-state index contributed by atoms with van der Waals surface area (Å²) in [4.78, 5) is 0. The van der Waals surface area contributed by atoms with Gasteiger partial charge in [0.25, 0.3) is 5.97 Å². The first-order valence-electron chi connectivity index (χ1n) is 9.20. The van der Waals surface area contributed by atoms with E-state index in [1.807, 2.05) is 56.3 Å². The van der Waals surface area contributed by atoms with Crippen molar-refractivity contribution in [2.45, 2.75) is 51.2 Å². The molecule has 2 unspecified atom stereocenters. The molecule has 26 heavy (non-hydrogen) atoms. The Kier molecular flexibility index (Phi) is 8.07. The summed E-state index contributed by atoms with van der Waals surface area (Å²) in [5.41, 5.74) is 1.67. The number of hydrogen-bond donors (Lipinski definition) is 3. The summed E-state index contributed by atoms with van der Waals surface area (Å²) < 4.78 is 5.74. The van der Waals surface area contributed by atoms with Crippen LogP contribution in [0.3, 0.4) is 0 Å². The first kappa shape index (κ1) is 20.9. The van der Waals surface area contributed by atoms with Gasteiger partial charge in [-0.1, -0.05) is 67.9 Å². The molecule has 5 heteroatoms. The van der Waals surface area contributed by atoms with Crippen LogP contribution in [0.1, 0.15) is 50.3 Å². The number of rotatable bonds is 6. The van der Waals surface area contributed by atoms with Crippen LogP contribution in [0.2, 0.25) is 5.02 Å². The second-order valence-electron chi connectivity index (χ2n) is 6.20. The highest BCUT2D eigenvalue weighted by Gasteiger charge is 2.34. The zero-order valence-corrected chi connectivity index (χ0v) is 16.1. The predicted octanol–water partition coefficient (Wildman–Crippen LogP) is 4.25. The van der Waals surface area contributed by atoms with Crippen molar-refractivity contribution in [3.8, 4) is 0 Å². The Bertz CT molecular complexity index is 640. The minimum absolute atomic E-state index is 0.0571. The van der Waals surface area contributed by atoms with E-state index < -0.39 is 12.1 Å².